The molecule has 0 saturated carbocycles. The minimum Gasteiger partial charge on any atom is -0.311 e. The predicted octanol–water partition coefficient (Wildman–Crippen LogP) is 0.503. The number of carbonyl (C=O) groups excluding carboxylic acids is 1. The van der Waals surface area contributed by atoms with Crippen LogP contribution in [0.5, 0.6) is 0 Å². The Hall–Kier alpha value is -0.380. The molecule has 4 heteroatoms. The van der Waals surface area contributed by atoms with E-state index in [0.717, 1.165) is 13.1 Å². The van der Waals surface area contributed by atoms with Gasteiger partial charge in [-0.25, -0.2) is 0 Å². The van der Waals surface area contributed by atoms with Crippen molar-refractivity contribution in [1.82, 2.24) is 10.6 Å². The highest BCUT2D eigenvalue weighted by atomic mass is 35.5. The highest BCUT2D eigenvalue weighted by Crippen LogP contribution is 1.99. The summed E-state index contributed by atoms with van der Waals surface area (Å²) in [5, 5.41) is 6.44. The smallest absolute Gasteiger partial charge is 0.173 e. The number of halogens is 1. The summed E-state index contributed by atoms with van der Waals surface area (Å²) in [7, 11) is 0. The first-order valence-corrected chi connectivity index (χ1v) is 4.39. The first-order chi connectivity index (χ1) is 5.75. The molecule has 13 heavy (non-hydrogen) atoms. The average molecular weight is 205 g/mol. The average Bonchev–Trinajstić information content (AvgIpc) is 2.05. The maximum atomic E-state index is 11.4. The van der Waals surface area contributed by atoms with Gasteiger partial charge in [0.15, 0.2) is 5.78 Å². The Morgan fingerprint density at radius 1 is 1.38 bits per heavy atom. The van der Waals surface area contributed by atoms with Gasteiger partial charge in [-0.2, -0.15) is 0 Å². The Labute approximate surface area is 85.4 Å². The van der Waals surface area contributed by atoms with Crippen molar-refractivity contribution in [3.8, 4) is 0 Å². The van der Waals surface area contributed by atoms with E-state index in [4.69, 9.17) is 0 Å². The summed E-state index contributed by atoms with van der Waals surface area (Å²) in [4.78, 5) is 11.4. The lowest BCUT2D eigenvalue weighted by atomic mass is 10.0. The Bertz CT molecular complexity index is 194. The van der Waals surface area contributed by atoms with E-state index < -0.39 is 0 Å². The summed E-state index contributed by atoms with van der Waals surface area (Å²) >= 11 is 0. The van der Waals surface area contributed by atoms with Gasteiger partial charge in [-0.3, -0.25) is 4.79 Å². The maximum Gasteiger partial charge on any atom is 0.173 e. The van der Waals surface area contributed by atoms with Gasteiger partial charge in [0.1, 0.15) is 0 Å². The number of rotatable bonds is 2. The van der Waals surface area contributed by atoms with Gasteiger partial charge in [0.05, 0.1) is 6.04 Å². The quantitative estimate of drug-likeness (QED) is 0.644. The molecule has 3 nitrogen and oxygen atoms in total. The fraction of sp³-hybridized carbons (Fsp3) is 0.667. The number of piperazine rings is 1. The molecule has 0 amide bonds. The van der Waals surface area contributed by atoms with Gasteiger partial charge >= 0.3 is 0 Å². The summed E-state index contributed by atoms with van der Waals surface area (Å²) in [5.41, 5.74) is 0. The number of hydrogen-bond donors (Lipinski definition) is 2. The van der Waals surface area contributed by atoms with E-state index in [1.54, 1.807) is 12.2 Å². The predicted molar refractivity (Wildman–Crippen MR) is 56.3 cm³/mol. The molecule has 0 aromatic carbocycles. The molecule has 0 bridgehead atoms. The summed E-state index contributed by atoms with van der Waals surface area (Å²) in [6.45, 7) is 5.70. The number of nitrogens with one attached hydrogen (secondary N) is 2. The molecule has 0 aliphatic carbocycles. The van der Waals surface area contributed by atoms with E-state index in [1.165, 1.54) is 0 Å². The van der Waals surface area contributed by atoms with Crippen LogP contribution in [0.1, 0.15) is 13.8 Å². The fourth-order valence-electron chi connectivity index (χ4n) is 1.44. The molecule has 2 unspecified atom stereocenters. The molecule has 1 aliphatic rings. The summed E-state index contributed by atoms with van der Waals surface area (Å²) in [6, 6.07) is 0.192. The van der Waals surface area contributed by atoms with Crippen molar-refractivity contribution >= 4 is 18.2 Å². The number of allylic oxidation sites excluding steroid dienone is 1. The van der Waals surface area contributed by atoms with Crippen molar-refractivity contribution in [1.29, 1.82) is 0 Å². The lowest BCUT2D eigenvalue weighted by Gasteiger charge is -2.29. The topological polar surface area (TPSA) is 41.1 Å². The van der Waals surface area contributed by atoms with E-state index in [0.29, 0.717) is 0 Å². The first kappa shape index (κ1) is 12.6. The van der Waals surface area contributed by atoms with Crippen LogP contribution < -0.4 is 10.6 Å². The van der Waals surface area contributed by atoms with Crippen LogP contribution in [0.3, 0.4) is 0 Å². The van der Waals surface area contributed by atoms with E-state index in [1.807, 2.05) is 13.8 Å². The molecule has 0 aromatic rings. The first-order valence-electron chi connectivity index (χ1n) is 4.39. The number of hydrogen-bond acceptors (Lipinski definition) is 3. The Kier molecular flexibility index (Phi) is 5.95. The molecule has 2 atom stereocenters. The normalized spacial score (nSPS) is 28.5. The Morgan fingerprint density at radius 2 is 2.00 bits per heavy atom. The van der Waals surface area contributed by atoms with Gasteiger partial charge in [0, 0.05) is 19.1 Å². The van der Waals surface area contributed by atoms with E-state index in [-0.39, 0.29) is 30.3 Å². The SMILES string of the molecule is CC=CC(=O)C1NCCNC1C.Cl. The van der Waals surface area contributed by atoms with Gasteiger partial charge in [0.2, 0.25) is 0 Å². The second-order valence-electron chi connectivity index (χ2n) is 3.08. The molecule has 1 heterocycles. The van der Waals surface area contributed by atoms with Gasteiger partial charge in [-0.1, -0.05) is 6.08 Å². The van der Waals surface area contributed by atoms with Crippen LogP contribution in [0.2, 0.25) is 0 Å². The van der Waals surface area contributed by atoms with Gasteiger partial charge < -0.3 is 10.6 Å². The zero-order valence-corrected chi connectivity index (χ0v) is 8.86. The van der Waals surface area contributed by atoms with Crippen molar-refractivity contribution < 1.29 is 4.79 Å². The maximum absolute atomic E-state index is 11.4. The highest BCUT2D eigenvalue weighted by Gasteiger charge is 2.24. The zero-order valence-electron chi connectivity index (χ0n) is 8.04. The van der Waals surface area contributed by atoms with Crippen LogP contribution in [-0.4, -0.2) is 31.0 Å². The number of carbonyl (C=O) groups is 1. The van der Waals surface area contributed by atoms with Crippen LogP contribution in [-0.2, 0) is 4.79 Å². The third-order valence-corrected chi connectivity index (χ3v) is 2.09. The lowest BCUT2D eigenvalue weighted by Crippen LogP contribution is -2.57. The molecule has 1 rings (SSSR count). The largest absolute Gasteiger partial charge is 0.311 e. The van der Waals surface area contributed by atoms with Crippen LogP contribution >= 0.6 is 12.4 Å². The minimum absolute atomic E-state index is 0. The fourth-order valence-corrected chi connectivity index (χ4v) is 1.44. The van der Waals surface area contributed by atoms with E-state index >= 15 is 0 Å². The molecule has 76 valence electrons. The van der Waals surface area contributed by atoms with Gasteiger partial charge in [-0.15, -0.1) is 12.4 Å². The number of ketones is 1. The molecule has 2 N–H and O–H groups in total. The molecule has 0 radical (unpaired) electrons. The van der Waals surface area contributed by atoms with E-state index in [9.17, 15) is 4.79 Å². The molecule has 1 fully saturated rings. The summed E-state index contributed by atoms with van der Waals surface area (Å²) in [6.07, 6.45) is 3.41. The third kappa shape index (κ3) is 3.46. The molecule has 0 aromatic heterocycles. The van der Waals surface area contributed by atoms with Crippen molar-refractivity contribution in [2.45, 2.75) is 25.9 Å². The second-order valence-corrected chi connectivity index (χ2v) is 3.08. The highest BCUT2D eigenvalue weighted by molar-refractivity contribution is 5.94. The van der Waals surface area contributed by atoms with Crippen LogP contribution in [0.25, 0.3) is 0 Å². The Morgan fingerprint density at radius 3 is 2.54 bits per heavy atom. The molecular weight excluding hydrogens is 188 g/mol. The zero-order chi connectivity index (χ0) is 8.97. The Balaban J connectivity index is 0.00000144. The van der Waals surface area contributed by atoms with Crippen LogP contribution in [0.4, 0.5) is 0 Å². The minimum atomic E-state index is -0.0463. The summed E-state index contributed by atoms with van der Waals surface area (Å²) in [5.74, 6) is 0.164. The third-order valence-electron chi connectivity index (χ3n) is 2.09. The van der Waals surface area contributed by atoms with Crippen molar-refractivity contribution in [2.75, 3.05) is 13.1 Å². The summed E-state index contributed by atoms with van der Waals surface area (Å²) < 4.78 is 0. The van der Waals surface area contributed by atoms with Crippen molar-refractivity contribution in [3.05, 3.63) is 12.2 Å². The molecule has 1 aliphatic heterocycles. The van der Waals surface area contributed by atoms with Crippen LogP contribution in [0, 0.1) is 0 Å². The van der Waals surface area contributed by atoms with Gasteiger partial charge in [-0.05, 0) is 19.9 Å². The van der Waals surface area contributed by atoms with Crippen molar-refractivity contribution in [3.63, 3.8) is 0 Å². The van der Waals surface area contributed by atoms with Crippen LogP contribution in [0.15, 0.2) is 12.2 Å². The standard InChI is InChI=1S/C9H16N2O.ClH/c1-3-4-8(12)9-7(2)10-5-6-11-9;/h3-4,7,9-11H,5-6H2,1-2H3;1H. The monoisotopic (exact) mass is 204 g/mol. The lowest BCUT2D eigenvalue weighted by molar-refractivity contribution is -0.117. The molecular formula is C9H17ClN2O. The van der Waals surface area contributed by atoms with Gasteiger partial charge in [0.25, 0.3) is 0 Å². The van der Waals surface area contributed by atoms with Crippen molar-refractivity contribution in [2.24, 2.45) is 0 Å². The second kappa shape index (κ2) is 6.13. The molecule has 1 saturated heterocycles. The van der Waals surface area contributed by atoms with E-state index in [2.05, 4.69) is 10.6 Å². The molecule has 0 spiro atoms.